The Morgan fingerprint density at radius 3 is 2.54 bits per heavy atom. The van der Waals surface area contributed by atoms with Gasteiger partial charge in [-0.25, -0.2) is 4.79 Å². The molecule has 1 aliphatic heterocycles. The summed E-state index contributed by atoms with van der Waals surface area (Å²) in [6.45, 7) is 1.09. The minimum atomic E-state index is -0.945. The van der Waals surface area contributed by atoms with Gasteiger partial charge in [0.25, 0.3) is 5.91 Å². The van der Waals surface area contributed by atoms with Crippen molar-refractivity contribution in [2.75, 3.05) is 25.5 Å². The number of carbonyl (C=O) groups excluding carboxylic acids is 1. The maximum atomic E-state index is 12.8. The van der Waals surface area contributed by atoms with Gasteiger partial charge in [-0.3, -0.25) is 4.79 Å². The van der Waals surface area contributed by atoms with Crippen molar-refractivity contribution in [3.05, 3.63) is 64.7 Å². The van der Waals surface area contributed by atoms with Crippen molar-refractivity contribution in [2.24, 2.45) is 0 Å². The molecule has 0 saturated heterocycles. The predicted octanol–water partition coefficient (Wildman–Crippen LogP) is 2.65. The lowest BCUT2D eigenvalue weighted by Gasteiger charge is -2.29. The summed E-state index contributed by atoms with van der Waals surface area (Å²) in [5.41, 5.74) is 3.92. The zero-order valence-electron chi connectivity index (χ0n) is 13.8. The van der Waals surface area contributed by atoms with Crippen molar-refractivity contribution in [2.45, 2.75) is 13.0 Å². The quantitative estimate of drug-likeness (QED) is 0.943. The average Bonchev–Trinajstić information content (AvgIpc) is 2.60. The molecule has 0 radical (unpaired) electrons. The molecular formula is C19H20N2O3. The van der Waals surface area contributed by atoms with Crippen LogP contribution in [0.1, 0.15) is 31.8 Å². The first-order valence-corrected chi connectivity index (χ1v) is 7.87. The Hall–Kier alpha value is -2.82. The van der Waals surface area contributed by atoms with Gasteiger partial charge in [-0.2, -0.15) is 0 Å². The summed E-state index contributed by atoms with van der Waals surface area (Å²) >= 11 is 0. The van der Waals surface area contributed by atoms with E-state index in [-0.39, 0.29) is 11.5 Å². The SMILES string of the molecule is CN(C)c1cccc(C(=O)N2CCc3ccc(C(=O)O)cc3C2)c1. The normalized spacial score (nSPS) is 13.3. The second kappa shape index (κ2) is 6.35. The number of hydrogen-bond acceptors (Lipinski definition) is 3. The van der Waals surface area contributed by atoms with Crippen LogP contribution < -0.4 is 4.90 Å². The van der Waals surface area contributed by atoms with Gasteiger partial charge in [0.2, 0.25) is 0 Å². The van der Waals surface area contributed by atoms with Gasteiger partial charge in [0, 0.05) is 38.4 Å². The summed E-state index contributed by atoms with van der Waals surface area (Å²) in [4.78, 5) is 27.7. The first-order valence-electron chi connectivity index (χ1n) is 7.87. The number of benzene rings is 2. The van der Waals surface area contributed by atoms with Crippen LogP contribution >= 0.6 is 0 Å². The van der Waals surface area contributed by atoms with E-state index in [1.807, 2.05) is 49.3 Å². The second-order valence-corrected chi connectivity index (χ2v) is 6.21. The van der Waals surface area contributed by atoms with E-state index < -0.39 is 5.97 Å². The molecule has 0 fully saturated rings. The molecule has 0 aromatic heterocycles. The van der Waals surface area contributed by atoms with E-state index in [2.05, 4.69) is 0 Å². The molecule has 24 heavy (non-hydrogen) atoms. The van der Waals surface area contributed by atoms with Crippen LogP contribution in [0, 0.1) is 0 Å². The molecule has 1 aliphatic rings. The van der Waals surface area contributed by atoms with Crippen molar-refractivity contribution >= 4 is 17.6 Å². The van der Waals surface area contributed by atoms with E-state index in [0.717, 1.165) is 23.2 Å². The molecule has 0 unspecified atom stereocenters. The van der Waals surface area contributed by atoms with Gasteiger partial charge in [-0.1, -0.05) is 12.1 Å². The number of anilines is 1. The van der Waals surface area contributed by atoms with Gasteiger partial charge < -0.3 is 14.9 Å². The Kier molecular flexibility index (Phi) is 4.25. The molecule has 0 saturated carbocycles. The third-order valence-corrected chi connectivity index (χ3v) is 4.36. The molecule has 0 spiro atoms. The lowest BCUT2D eigenvalue weighted by Crippen LogP contribution is -2.36. The van der Waals surface area contributed by atoms with Gasteiger partial charge in [0.1, 0.15) is 0 Å². The van der Waals surface area contributed by atoms with Crippen LogP contribution in [0.15, 0.2) is 42.5 Å². The minimum absolute atomic E-state index is 0.0231. The van der Waals surface area contributed by atoms with E-state index in [0.29, 0.717) is 18.7 Å². The highest BCUT2D eigenvalue weighted by atomic mass is 16.4. The van der Waals surface area contributed by atoms with Crippen LogP contribution in [0.5, 0.6) is 0 Å². The van der Waals surface area contributed by atoms with Crippen LogP contribution in [0.2, 0.25) is 0 Å². The van der Waals surface area contributed by atoms with E-state index >= 15 is 0 Å². The number of carboxylic acids is 1. The third kappa shape index (κ3) is 3.11. The number of nitrogens with zero attached hydrogens (tertiary/aromatic N) is 2. The number of carbonyl (C=O) groups is 2. The molecule has 0 bridgehead atoms. The van der Waals surface area contributed by atoms with Crippen LogP contribution in [0.4, 0.5) is 5.69 Å². The van der Waals surface area contributed by atoms with Gasteiger partial charge in [0.15, 0.2) is 0 Å². The molecule has 124 valence electrons. The van der Waals surface area contributed by atoms with Gasteiger partial charge in [-0.05, 0) is 47.9 Å². The first-order chi connectivity index (χ1) is 11.5. The highest BCUT2D eigenvalue weighted by Gasteiger charge is 2.23. The van der Waals surface area contributed by atoms with Crippen LogP contribution in [0.25, 0.3) is 0 Å². The van der Waals surface area contributed by atoms with Gasteiger partial charge in [-0.15, -0.1) is 0 Å². The topological polar surface area (TPSA) is 60.9 Å². The lowest BCUT2D eigenvalue weighted by molar-refractivity contribution is 0.0696. The van der Waals surface area contributed by atoms with E-state index in [4.69, 9.17) is 5.11 Å². The number of carboxylic acid groups (broad SMARTS) is 1. The van der Waals surface area contributed by atoms with Crippen molar-refractivity contribution < 1.29 is 14.7 Å². The number of hydrogen-bond donors (Lipinski definition) is 1. The third-order valence-electron chi connectivity index (χ3n) is 4.36. The van der Waals surface area contributed by atoms with Crippen molar-refractivity contribution in [1.29, 1.82) is 0 Å². The lowest BCUT2D eigenvalue weighted by atomic mass is 9.97. The fourth-order valence-electron chi connectivity index (χ4n) is 2.96. The molecule has 1 heterocycles. The summed E-state index contributed by atoms with van der Waals surface area (Å²) in [5, 5.41) is 9.14. The minimum Gasteiger partial charge on any atom is -0.478 e. The van der Waals surface area contributed by atoms with Crippen molar-refractivity contribution in [3.8, 4) is 0 Å². The Balaban J connectivity index is 1.84. The highest BCUT2D eigenvalue weighted by Crippen LogP contribution is 2.23. The summed E-state index contributed by atoms with van der Waals surface area (Å²) in [6, 6.07) is 12.7. The number of rotatable bonds is 3. The average molecular weight is 324 g/mol. The van der Waals surface area contributed by atoms with Crippen LogP contribution in [-0.4, -0.2) is 42.5 Å². The molecule has 3 rings (SSSR count). The summed E-state index contributed by atoms with van der Waals surface area (Å²) < 4.78 is 0. The second-order valence-electron chi connectivity index (χ2n) is 6.21. The molecule has 1 N–H and O–H groups in total. The largest absolute Gasteiger partial charge is 0.478 e. The van der Waals surface area contributed by atoms with Gasteiger partial charge in [0.05, 0.1) is 5.56 Å². The Morgan fingerprint density at radius 2 is 1.83 bits per heavy atom. The molecule has 2 aromatic carbocycles. The highest BCUT2D eigenvalue weighted by molar-refractivity contribution is 5.95. The van der Waals surface area contributed by atoms with Crippen LogP contribution in [0.3, 0.4) is 0 Å². The molecule has 5 heteroatoms. The predicted molar refractivity (Wildman–Crippen MR) is 92.6 cm³/mol. The van der Waals surface area contributed by atoms with E-state index in [9.17, 15) is 9.59 Å². The number of amides is 1. The molecule has 0 atom stereocenters. The fourth-order valence-corrected chi connectivity index (χ4v) is 2.96. The van der Waals surface area contributed by atoms with Crippen molar-refractivity contribution in [3.63, 3.8) is 0 Å². The fraction of sp³-hybridized carbons (Fsp3) is 0.263. The van der Waals surface area contributed by atoms with E-state index in [1.165, 1.54) is 0 Å². The van der Waals surface area contributed by atoms with Crippen molar-refractivity contribution in [1.82, 2.24) is 4.90 Å². The zero-order chi connectivity index (χ0) is 17.3. The molecule has 2 aromatic rings. The molecule has 5 nitrogen and oxygen atoms in total. The molecular weight excluding hydrogens is 304 g/mol. The Bertz CT molecular complexity index is 799. The summed E-state index contributed by atoms with van der Waals surface area (Å²) in [7, 11) is 3.88. The molecule has 1 amide bonds. The summed E-state index contributed by atoms with van der Waals surface area (Å²) in [5.74, 6) is -0.968. The monoisotopic (exact) mass is 324 g/mol. The smallest absolute Gasteiger partial charge is 0.335 e. The number of aromatic carboxylic acids is 1. The molecule has 0 aliphatic carbocycles. The Morgan fingerprint density at radius 1 is 1.04 bits per heavy atom. The van der Waals surface area contributed by atoms with Crippen LogP contribution in [-0.2, 0) is 13.0 Å². The zero-order valence-corrected chi connectivity index (χ0v) is 13.8. The maximum absolute atomic E-state index is 12.8. The van der Waals surface area contributed by atoms with Gasteiger partial charge >= 0.3 is 5.97 Å². The maximum Gasteiger partial charge on any atom is 0.335 e. The summed E-state index contributed by atoms with van der Waals surface area (Å²) in [6.07, 6.45) is 0.744. The standard InChI is InChI=1S/C19H20N2O3/c1-20(2)17-5-3-4-14(11-17)18(22)21-9-8-13-6-7-15(19(23)24)10-16(13)12-21/h3-7,10-11H,8-9,12H2,1-2H3,(H,23,24). The van der Waals surface area contributed by atoms with E-state index in [1.54, 1.807) is 17.0 Å². The Labute approximate surface area is 141 Å². The number of fused-ring (bicyclic) bond motifs is 1. The first kappa shape index (κ1) is 16.1.